The normalized spacial score (nSPS) is 17.2. The molecule has 1 aromatic carbocycles. The maximum atomic E-state index is 4.20. The fraction of sp³-hybridized carbons (Fsp3) is 0.385. The van der Waals surface area contributed by atoms with Crippen molar-refractivity contribution in [2.24, 2.45) is 5.92 Å². The van der Waals surface area contributed by atoms with Gasteiger partial charge in [0.1, 0.15) is 12.7 Å². The van der Waals surface area contributed by atoms with Gasteiger partial charge < -0.3 is 0 Å². The van der Waals surface area contributed by atoms with Gasteiger partial charge in [-0.2, -0.15) is 5.10 Å². The molecular weight excluding hydrogens is 198 g/mol. The first-order valence-electron chi connectivity index (χ1n) is 5.81. The summed E-state index contributed by atoms with van der Waals surface area (Å²) in [6.07, 6.45) is 6.12. The van der Waals surface area contributed by atoms with Gasteiger partial charge in [0.05, 0.1) is 0 Å². The third-order valence-corrected chi connectivity index (χ3v) is 3.27. The number of benzene rings is 1. The number of rotatable bonds is 4. The van der Waals surface area contributed by atoms with Crippen LogP contribution in [0.4, 0.5) is 0 Å². The Hall–Kier alpha value is -1.64. The fourth-order valence-electron chi connectivity index (χ4n) is 2.25. The van der Waals surface area contributed by atoms with Gasteiger partial charge in [-0.15, -0.1) is 0 Å². The summed E-state index contributed by atoms with van der Waals surface area (Å²) < 4.78 is 1.94. The molecule has 0 aliphatic heterocycles. The zero-order chi connectivity index (χ0) is 10.8. The van der Waals surface area contributed by atoms with Crippen molar-refractivity contribution < 1.29 is 0 Å². The predicted molar refractivity (Wildman–Crippen MR) is 61.9 cm³/mol. The first-order chi connectivity index (χ1) is 7.93. The first kappa shape index (κ1) is 9.58. The van der Waals surface area contributed by atoms with E-state index in [4.69, 9.17) is 0 Å². The minimum atomic E-state index is 0.600. The molecule has 82 valence electrons. The summed E-state index contributed by atoms with van der Waals surface area (Å²) in [6, 6.07) is 10.8. The van der Waals surface area contributed by atoms with E-state index >= 15 is 0 Å². The molecule has 0 radical (unpaired) electrons. The minimum Gasteiger partial charge on any atom is -0.252 e. The van der Waals surface area contributed by atoms with Crippen molar-refractivity contribution in [1.29, 1.82) is 0 Å². The molecule has 0 N–H and O–H groups in total. The van der Waals surface area contributed by atoms with E-state index in [1.807, 2.05) is 4.68 Å². The van der Waals surface area contributed by atoms with Crippen LogP contribution in [0.3, 0.4) is 0 Å². The van der Waals surface area contributed by atoms with E-state index in [0.717, 1.165) is 12.5 Å². The van der Waals surface area contributed by atoms with Gasteiger partial charge in [0.2, 0.25) is 0 Å². The van der Waals surface area contributed by atoms with Crippen LogP contribution in [0.5, 0.6) is 0 Å². The first-order valence-corrected chi connectivity index (χ1v) is 5.81. The molecule has 1 atom stereocenters. The van der Waals surface area contributed by atoms with E-state index in [1.165, 1.54) is 18.4 Å². The Bertz CT molecular complexity index is 431. The van der Waals surface area contributed by atoms with Crippen LogP contribution >= 0.6 is 0 Å². The Morgan fingerprint density at radius 2 is 2.06 bits per heavy atom. The van der Waals surface area contributed by atoms with Crippen LogP contribution in [-0.2, 0) is 6.54 Å². The zero-order valence-electron chi connectivity index (χ0n) is 9.16. The molecule has 1 aliphatic rings. The van der Waals surface area contributed by atoms with E-state index in [-0.39, 0.29) is 0 Å². The highest BCUT2D eigenvalue weighted by atomic mass is 15.3. The highest BCUT2D eigenvalue weighted by Crippen LogP contribution is 2.43. The van der Waals surface area contributed by atoms with Crippen LogP contribution in [0.2, 0.25) is 0 Å². The highest BCUT2D eigenvalue weighted by molar-refractivity contribution is 5.21. The molecule has 2 aromatic rings. The van der Waals surface area contributed by atoms with E-state index in [9.17, 15) is 0 Å². The molecule has 3 rings (SSSR count). The average molecular weight is 213 g/mol. The Morgan fingerprint density at radius 3 is 2.69 bits per heavy atom. The summed E-state index contributed by atoms with van der Waals surface area (Å²) in [7, 11) is 0. The Kier molecular flexibility index (Phi) is 2.44. The lowest BCUT2D eigenvalue weighted by Crippen LogP contribution is -2.11. The number of hydrogen-bond acceptors (Lipinski definition) is 2. The molecule has 0 amide bonds. The maximum Gasteiger partial charge on any atom is 0.137 e. The van der Waals surface area contributed by atoms with Gasteiger partial charge in [-0.1, -0.05) is 30.3 Å². The lowest BCUT2D eigenvalue weighted by molar-refractivity contribution is 0.473. The summed E-state index contributed by atoms with van der Waals surface area (Å²) in [5.41, 5.74) is 1.43. The summed E-state index contributed by atoms with van der Waals surface area (Å²) in [6.45, 7) is 0.953. The maximum absolute atomic E-state index is 4.20. The van der Waals surface area contributed by atoms with Gasteiger partial charge in [-0.3, -0.25) is 4.68 Å². The molecular formula is C13H15N3. The molecule has 0 spiro atoms. The molecule has 1 aliphatic carbocycles. The molecule has 1 unspecified atom stereocenters. The lowest BCUT2D eigenvalue weighted by atomic mass is 9.94. The van der Waals surface area contributed by atoms with Crippen molar-refractivity contribution in [3.63, 3.8) is 0 Å². The van der Waals surface area contributed by atoms with Crippen molar-refractivity contribution in [3.8, 4) is 0 Å². The molecule has 0 saturated heterocycles. The monoisotopic (exact) mass is 213 g/mol. The van der Waals surface area contributed by atoms with Crippen molar-refractivity contribution in [2.45, 2.75) is 25.3 Å². The van der Waals surface area contributed by atoms with Crippen molar-refractivity contribution in [1.82, 2.24) is 14.8 Å². The Labute approximate surface area is 95.1 Å². The average Bonchev–Trinajstić information content (AvgIpc) is 3.05. The summed E-state index contributed by atoms with van der Waals surface area (Å²) >= 11 is 0. The Balaban J connectivity index is 1.82. The van der Waals surface area contributed by atoms with Gasteiger partial charge in [0.15, 0.2) is 0 Å². The van der Waals surface area contributed by atoms with Crippen molar-refractivity contribution in [3.05, 3.63) is 48.5 Å². The molecule has 0 bridgehead atoms. The molecule has 1 aromatic heterocycles. The fourth-order valence-corrected chi connectivity index (χ4v) is 2.25. The third-order valence-electron chi connectivity index (χ3n) is 3.27. The minimum absolute atomic E-state index is 0.600. The van der Waals surface area contributed by atoms with E-state index in [1.54, 1.807) is 12.7 Å². The van der Waals surface area contributed by atoms with Gasteiger partial charge >= 0.3 is 0 Å². The van der Waals surface area contributed by atoms with Crippen LogP contribution < -0.4 is 0 Å². The van der Waals surface area contributed by atoms with Gasteiger partial charge in [0, 0.05) is 12.5 Å². The quantitative estimate of drug-likeness (QED) is 0.781. The standard InChI is InChI=1S/C13H15N3/c1-2-4-11(5-3-1)13(12-6-7-12)8-16-10-14-9-15-16/h1-5,9-10,12-13H,6-8H2. The second-order valence-electron chi connectivity index (χ2n) is 4.47. The van der Waals surface area contributed by atoms with E-state index in [0.29, 0.717) is 5.92 Å². The predicted octanol–water partition coefficient (Wildman–Crippen LogP) is 2.47. The van der Waals surface area contributed by atoms with Crippen LogP contribution in [0.1, 0.15) is 24.3 Å². The third kappa shape index (κ3) is 1.98. The zero-order valence-corrected chi connectivity index (χ0v) is 9.16. The number of aromatic nitrogens is 3. The van der Waals surface area contributed by atoms with E-state index < -0.39 is 0 Å². The van der Waals surface area contributed by atoms with Crippen LogP contribution in [0.15, 0.2) is 43.0 Å². The molecule has 16 heavy (non-hydrogen) atoms. The summed E-state index contributed by atoms with van der Waals surface area (Å²) in [4.78, 5) is 4.00. The molecule has 3 nitrogen and oxygen atoms in total. The summed E-state index contributed by atoms with van der Waals surface area (Å²) in [5, 5.41) is 4.20. The topological polar surface area (TPSA) is 30.7 Å². The summed E-state index contributed by atoms with van der Waals surface area (Å²) in [5.74, 6) is 1.44. The second kappa shape index (κ2) is 4.08. The van der Waals surface area contributed by atoms with Crippen LogP contribution in [0.25, 0.3) is 0 Å². The van der Waals surface area contributed by atoms with Crippen molar-refractivity contribution >= 4 is 0 Å². The Morgan fingerprint density at radius 1 is 1.25 bits per heavy atom. The smallest absolute Gasteiger partial charge is 0.137 e. The molecule has 3 heteroatoms. The molecule has 1 saturated carbocycles. The second-order valence-corrected chi connectivity index (χ2v) is 4.47. The number of nitrogens with zero attached hydrogens (tertiary/aromatic N) is 3. The highest BCUT2D eigenvalue weighted by Gasteiger charge is 2.32. The van der Waals surface area contributed by atoms with Crippen molar-refractivity contribution in [2.75, 3.05) is 0 Å². The largest absolute Gasteiger partial charge is 0.252 e. The van der Waals surface area contributed by atoms with Crippen LogP contribution in [0, 0.1) is 5.92 Å². The molecule has 1 fully saturated rings. The SMILES string of the molecule is c1ccc(C(Cn2cncn2)C2CC2)cc1. The lowest BCUT2D eigenvalue weighted by Gasteiger charge is -2.16. The number of hydrogen-bond donors (Lipinski definition) is 0. The van der Waals surface area contributed by atoms with E-state index in [2.05, 4.69) is 40.4 Å². The van der Waals surface area contributed by atoms with Gasteiger partial charge in [0.25, 0.3) is 0 Å². The van der Waals surface area contributed by atoms with Crippen LogP contribution in [-0.4, -0.2) is 14.8 Å². The van der Waals surface area contributed by atoms with Gasteiger partial charge in [-0.05, 0) is 24.3 Å². The van der Waals surface area contributed by atoms with Gasteiger partial charge in [-0.25, -0.2) is 4.98 Å². The molecule has 1 heterocycles.